The lowest BCUT2D eigenvalue weighted by Crippen LogP contribution is -1.92. The lowest BCUT2D eigenvalue weighted by Gasteiger charge is -2.05. The monoisotopic (exact) mass is 211 g/mol. The van der Waals surface area contributed by atoms with Crippen LogP contribution in [-0.4, -0.2) is 5.87 Å². The van der Waals surface area contributed by atoms with Crippen LogP contribution in [0, 0.1) is 11.3 Å². The van der Waals surface area contributed by atoms with Crippen molar-refractivity contribution in [2.75, 3.05) is 0 Å². The van der Waals surface area contributed by atoms with Crippen LogP contribution in [0.25, 0.3) is 4.91 Å². The van der Waals surface area contributed by atoms with Gasteiger partial charge in [-0.15, -0.1) is 10.5 Å². The molecule has 1 aliphatic heterocycles. The first-order chi connectivity index (χ1) is 7.33. The Morgan fingerprint density at radius 3 is 2.93 bits per heavy atom. The summed E-state index contributed by atoms with van der Waals surface area (Å²) in [6, 6.07) is 10.5. The number of allylic oxidation sites excluding steroid dienone is 2. The van der Waals surface area contributed by atoms with Gasteiger partial charge in [0, 0.05) is 4.91 Å². The molecule has 1 aromatic rings. The summed E-state index contributed by atoms with van der Waals surface area (Å²) in [5.74, 6) is 4.04. The second-order valence-electron chi connectivity index (χ2n) is 3.67. The molecular formula is C13H9NS. The van der Waals surface area contributed by atoms with Crippen LogP contribution in [0.15, 0.2) is 41.3 Å². The van der Waals surface area contributed by atoms with E-state index in [0.717, 1.165) is 11.1 Å². The van der Waals surface area contributed by atoms with Crippen LogP contribution in [0.5, 0.6) is 0 Å². The molecule has 72 valence electrons. The average molecular weight is 211 g/mol. The Balaban J connectivity index is 2.32. The molecule has 0 radical (unpaired) electrons. The highest BCUT2D eigenvalue weighted by atomic mass is 32.2. The van der Waals surface area contributed by atoms with Gasteiger partial charge in [-0.1, -0.05) is 36.2 Å². The van der Waals surface area contributed by atoms with Crippen molar-refractivity contribution in [3.8, 4) is 6.07 Å². The first-order valence-corrected chi connectivity index (χ1v) is 6.22. The second-order valence-corrected chi connectivity index (χ2v) is 5.20. The summed E-state index contributed by atoms with van der Waals surface area (Å²) in [5, 5.41) is 11.3. The van der Waals surface area contributed by atoms with Gasteiger partial charge in [-0.2, -0.15) is 5.26 Å². The number of hydrogen-bond acceptors (Lipinski definition) is 1. The van der Waals surface area contributed by atoms with Gasteiger partial charge in [0.15, 0.2) is 0 Å². The minimum absolute atomic E-state index is 0.0640. The highest BCUT2D eigenvalue weighted by molar-refractivity contribution is 8.24. The smallest absolute Gasteiger partial charge is 0.0980 e. The first kappa shape index (κ1) is 8.70. The third-order valence-corrected chi connectivity index (χ3v) is 4.34. The minimum Gasteiger partial charge on any atom is -0.197 e. The van der Waals surface area contributed by atoms with E-state index in [-0.39, 0.29) is 16.4 Å². The zero-order valence-electron chi connectivity index (χ0n) is 8.10. The second kappa shape index (κ2) is 2.95. The predicted molar refractivity (Wildman–Crippen MR) is 65.6 cm³/mol. The number of nitriles is 1. The first-order valence-electron chi connectivity index (χ1n) is 4.77. The molecule has 2 aliphatic rings. The lowest BCUT2D eigenvalue weighted by molar-refractivity contribution is 1.07. The SMILES string of the molecule is C=S1C=CC2=C1c1ccccc1C2C#N. The van der Waals surface area contributed by atoms with E-state index in [4.69, 9.17) is 0 Å². The quantitative estimate of drug-likeness (QED) is 0.604. The zero-order chi connectivity index (χ0) is 10.4. The van der Waals surface area contributed by atoms with Gasteiger partial charge in [-0.3, -0.25) is 0 Å². The third kappa shape index (κ3) is 1.01. The van der Waals surface area contributed by atoms with Crippen LogP contribution < -0.4 is 0 Å². The van der Waals surface area contributed by atoms with Crippen molar-refractivity contribution in [2.24, 2.45) is 0 Å². The maximum absolute atomic E-state index is 9.21. The molecule has 2 heteroatoms. The molecule has 1 aliphatic carbocycles. The number of benzene rings is 1. The van der Waals surface area contributed by atoms with Gasteiger partial charge < -0.3 is 0 Å². The highest BCUT2D eigenvalue weighted by Crippen LogP contribution is 2.53. The molecule has 0 aromatic heterocycles. The molecule has 2 atom stereocenters. The summed E-state index contributed by atoms with van der Waals surface area (Å²) in [6.45, 7) is 0. The summed E-state index contributed by atoms with van der Waals surface area (Å²) >= 11 is 0. The van der Waals surface area contributed by atoms with Crippen molar-refractivity contribution in [3.63, 3.8) is 0 Å². The molecular weight excluding hydrogens is 202 g/mol. The average Bonchev–Trinajstić information content (AvgIpc) is 2.77. The van der Waals surface area contributed by atoms with Crippen molar-refractivity contribution in [1.82, 2.24) is 0 Å². The maximum atomic E-state index is 9.21. The van der Waals surface area contributed by atoms with Crippen molar-refractivity contribution in [1.29, 1.82) is 5.26 Å². The molecule has 0 fully saturated rings. The molecule has 1 nitrogen and oxygen atoms in total. The molecule has 0 spiro atoms. The van der Waals surface area contributed by atoms with E-state index in [2.05, 4.69) is 29.5 Å². The number of nitrogens with zero attached hydrogens (tertiary/aromatic N) is 1. The molecule has 0 N–H and O–H groups in total. The van der Waals surface area contributed by atoms with E-state index in [1.165, 1.54) is 10.5 Å². The lowest BCUT2D eigenvalue weighted by atomic mass is 9.98. The molecule has 0 saturated carbocycles. The van der Waals surface area contributed by atoms with Crippen molar-refractivity contribution in [3.05, 3.63) is 52.4 Å². The molecule has 3 rings (SSSR count). The highest BCUT2D eigenvalue weighted by Gasteiger charge is 2.32. The number of fused-ring (bicyclic) bond motifs is 2. The van der Waals surface area contributed by atoms with E-state index >= 15 is 0 Å². The third-order valence-electron chi connectivity index (χ3n) is 2.89. The topological polar surface area (TPSA) is 23.8 Å². The van der Waals surface area contributed by atoms with Crippen LogP contribution in [0.2, 0.25) is 0 Å². The van der Waals surface area contributed by atoms with E-state index in [1.54, 1.807) is 0 Å². The van der Waals surface area contributed by atoms with Gasteiger partial charge >= 0.3 is 0 Å². The summed E-state index contributed by atoms with van der Waals surface area (Å²) in [7, 11) is -0.0640. The summed E-state index contributed by atoms with van der Waals surface area (Å²) in [5.41, 5.74) is 3.54. The number of rotatable bonds is 0. The predicted octanol–water partition coefficient (Wildman–Crippen LogP) is 3.25. The molecule has 0 amide bonds. The van der Waals surface area contributed by atoms with Crippen LogP contribution in [0.1, 0.15) is 17.0 Å². The van der Waals surface area contributed by atoms with Crippen molar-refractivity contribution in [2.45, 2.75) is 5.92 Å². The molecule has 0 bridgehead atoms. The van der Waals surface area contributed by atoms with Crippen LogP contribution >= 0.6 is 10.5 Å². The van der Waals surface area contributed by atoms with Gasteiger partial charge in [0.25, 0.3) is 0 Å². The van der Waals surface area contributed by atoms with Gasteiger partial charge in [0.2, 0.25) is 0 Å². The maximum Gasteiger partial charge on any atom is 0.0980 e. The molecule has 15 heavy (non-hydrogen) atoms. The Labute approximate surface area is 91.3 Å². The Morgan fingerprint density at radius 2 is 2.13 bits per heavy atom. The zero-order valence-corrected chi connectivity index (χ0v) is 8.92. The van der Waals surface area contributed by atoms with Crippen LogP contribution in [0.4, 0.5) is 0 Å². The molecule has 1 heterocycles. The van der Waals surface area contributed by atoms with E-state index in [1.807, 2.05) is 18.2 Å². The summed E-state index contributed by atoms with van der Waals surface area (Å²) in [4.78, 5) is 1.28. The van der Waals surface area contributed by atoms with Crippen molar-refractivity contribution < 1.29 is 0 Å². The molecule has 1 aromatic carbocycles. The fraction of sp³-hybridized carbons (Fsp3) is 0.0769. The Kier molecular flexibility index (Phi) is 1.71. The summed E-state index contributed by atoms with van der Waals surface area (Å²) in [6.07, 6.45) is 2.07. The van der Waals surface area contributed by atoms with Gasteiger partial charge in [0.05, 0.1) is 12.0 Å². The minimum atomic E-state index is -0.0771. The van der Waals surface area contributed by atoms with Crippen LogP contribution in [0.3, 0.4) is 0 Å². The normalized spacial score (nSPS) is 26.3. The van der Waals surface area contributed by atoms with Gasteiger partial charge in [-0.05, 0) is 22.1 Å². The Bertz CT molecular complexity index is 572. The molecule has 2 unspecified atom stereocenters. The van der Waals surface area contributed by atoms with Gasteiger partial charge in [-0.25, -0.2) is 0 Å². The molecule has 0 saturated heterocycles. The van der Waals surface area contributed by atoms with Crippen LogP contribution in [-0.2, 0) is 0 Å². The Hall–Kier alpha value is -1.59. The van der Waals surface area contributed by atoms with E-state index in [0.29, 0.717) is 0 Å². The largest absolute Gasteiger partial charge is 0.197 e. The Morgan fingerprint density at radius 1 is 1.33 bits per heavy atom. The fourth-order valence-corrected chi connectivity index (χ4v) is 3.64. The summed E-state index contributed by atoms with van der Waals surface area (Å²) < 4.78 is 0. The van der Waals surface area contributed by atoms with Gasteiger partial charge in [0.1, 0.15) is 0 Å². The number of hydrogen-bond donors (Lipinski definition) is 0. The van der Waals surface area contributed by atoms with E-state index < -0.39 is 0 Å². The standard InChI is InChI=1S/C13H9NS/c1-15-7-6-11-12(8-14)9-4-2-3-5-10(9)13(11)15/h2-7,12H,1H2. The fourth-order valence-electron chi connectivity index (χ4n) is 2.24. The van der Waals surface area contributed by atoms with E-state index in [9.17, 15) is 5.26 Å². The van der Waals surface area contributed by atoms with Crippen molar-refractivity contribution >= 4 is 21.3 Å².